The van der Waals surface area contributed by atoms with Crippen molar-refractivity contribution in [3.63, 3.8) is 0 Å². The van der Waals surface area contributed by atoms with E-state index in [-0.39, 0.29) is 5.69 Å². The highest BCUT2D eigenvalue weighted by Crippen LogP contribution is 2.25. The van der Waals surface area contributed by atoms with Gasteiger partial charge in [-0.3, -0.25) is 4.79 Å². The molecule has 0 bridgehead atoms. The molecule has 0 fully saturated rings. The molecule has 3 aromatic rings. The van der Waals surface area contributed by atoms with Crippen LogP contribution in [0.1, 0.15) is 5.56 Å². The molecule has 0 atom stereocenters. The van der Waals surface area contributed by atoms with Crippen LogP contribution in [0.15, 0.2) is 47.3 Å². The van der Waals surface area contributed by atoms with E-state index in [1.165, 1.54) is 19.3 Å². The summed E-state index contributed by atoms with van der Waals surface area (Å²) in [6.45, 7) is -0.454. The quantitative estimate of drug-likeness (QED) is 0.414. The van der Waals surface area contributed by atoms with Gasteiger partial charge in [0, 0.05) is 23.4 Å². The van der Waals surface area contributed by atoms with Crippen LogP contribution in [0, 0.1) is 0 Å². The Morgan fingerprint density at radius 3 is 2.59 bits per heavy atom. The zero-order valence-electron chi connectivity index (χ0n) is 15.8. The number of H-pyrrole nitrogens is 2. The minimum Gasteiger partial charge on any atom is -0.497 e. The molecule has 0 saturated heterocycles. The maximum atomic E-state index is 12.0. The maximum absolute atomic E-state index is 12.0. The number of fused-ring (bicyclic) bond motifs is 1. The van der Waals surface area contributed by atoms with Crippen molar-refractivity contribution in [1.29, 1.82) is 0 Å². The van der Waals surface area contributed by atoms with Crippen molar-refractivity contribution in [2.45, 2.75) is 0 Å². The van der Waals surface area contributed by atoms with Crippen molar-refractivity contribution in [3.05, 3.63) is 58.5 Å². The minimum atomic E-state index is -0.677. The molecule has 0 aliphatic heterocycles. The number of methoxy groups -OCH3 is 2. The van der Waals surface area contributed by atoms with Crippen LogP contribution in [0.5, 0.6) is 11.5 Å². The number of benzene rings is 2. The fourth-order valence-electron chi connectivity index (χ4n) is 2.61. The van der Waals surface area contributed by atoms with Crippen LogP contribution in [-0.2, 0) is 14.3 Å². The number of carbonyl (C=O) groups excluding carboxylic acids is 2. The standard InChI is InChI=1S/C20H19N3O6/c1-27-14-6-3-12(17(10-14)28-2)4-8-19(25)29-11-18(24)21-13-5-7-15-16(9-13)23-20(26)22-15/h3-10H,11H2,1-2H3,(H,21,24)(H2,22,23,26). The Kier molecular flexibility index (Phi) is 5.98. The number of carbonyl (C=O) groups is 2. The van der Waals surface area contributed by atoms with E-state index in [4.69, 9.17) is 14.2 Å². The molecule has 3 N–H and O–H groups in total. The third-order valence-electron chi connectivity index (χ3n) is 3.98. The lowest BCUT2D eigenvalue weighted by atomic mass is 10.2. The van der Waals surface area contributed by atoms with Gasteiger partial charge in [-0.1, -0.05) is 0 Å². The second kappa shape index (κ2) is 8.79. The summed E-state index contributed by atoms with van der Waals surface area (Å²) < 4.78 is 15.3. The van der Waals surface area contributed by atoms with E-state index in [0.29, 0.717) is 33.8 Å². The van der Waals surface area contributed by atoms with Gasteiger partial charge in [0.25, 0.3) is 5.91 Å². The highest BCUT2D eigenvalue weighted by atomic mass is 16.5. The van der Waals surface area contributed by atoms with Crippen molar-refractivity contribution >= 4 is 34.7 Å². The van der Waals surface area contributed by atoms with Crippen molar-refractivity contribution < 1.29 is 23.8 Å². The number of ether oxygens (including phenoxy) is 3. The van der Waals surface area contributed by atoms with Crippen LogP contribution in [-0.4, -0.2) is 42.7 Å². The zero-order chi connectivity index (χ0) is 20.8. The highest BCUT2D eigenvalue weighted by molar-refractivity contribution is 5.96. The van der Waals surface area contributed by atoms with Gasteiger partial charge >= 0.3 is 11.7 Å². The Bertz CT molecular complexity index is 1130. The summed E-state index contributed by atoms with van der Waals surface area (Å²) in [5, 5.41) is 2.59. The molecule has 150 valence electrons. The topological polar surface area (TPSA) is 123 Å². The lowest BCUT2D eigenvalue weighted by molar-refractivity contribution is -0.142. The number of aromatic nitrogens is 2. The van der Waals surface area contributed by atoms with E-state index in [9.17, 15) is 14.4 Å². The number of hydrogen-bond acceptors (Lipinski definition) is 6. The Morgan fingerprint density at radius 1 is 1.03 bits per heavy atom. The molecule has 0 unspecified atom stereocenters. The first kappa shape index (κ1) is 19.7. The van der Waals surface area contributed by atoms with E-state index in [2.05, 4.69) is 15.3 Å². The van der Waals surface area contributed by atoms with Crippen molar-refractivity contribution in [1.82, 2.24) is 9.97 Å². The Hall–Kier alpha value is -4.01. The number of imidazole rings is 1. The summed E-state index contributed by atoms with van der Waals surface area (Å²) in [7, 11) is 3.05. The number of hydrogen-bond donors (Lipinski definition) is 3. The van der Waals surface area contributed by atoms with Crippen molar-refractivity contribution in [2.24, 2.45) is 0 Å². The maximum Gasteiger partial charge on any atom is 0.331 e. The summed E-state index contributed by atoms with van der Waals surface area (Å²) in [5.41, 5.74) is 1.97. The summed E-state index contributed by atoms with van der Waals surface area (Å²) in [4.78, 5) is 40.3. The summed E-state index contributed by atoms with van der Waals surface area (Å²) in [6.07, 6.45) is 2.73. The molecular weight excluding hydrogens is 378 g/mol. The number of aromatic amines is 2. The fraction of sp³-hybridized carbons (Fsp3) is 0.150. The van der Waals surface area contributed by atoms with Crippen molar-refractivity contribution in [3.8, 4) is 11.5 Å². The lowest BCUT2D eigenvalue weighted by Gasteiger charge is -2.07. The molecule has 0 saturated carbocycles. The Labute approximate surface area is 165 Å². The van der Waals surface area contributed by atoms with Gasteiger partial charge in [-0.25, -0.2) is 9.59 Å². The van der Waals surface area contributed by atoms with Gasteiger partial charge in [-0.05, 0) is 36.4 Å². The third-order valence-corrected chi connectivity index (χ3v) is 3.98. The molecule has 29 heavy (non-hydrogen) atoms. The molecule has 2 aromatic carbocycles. The van der Waals surface area contributed by atoms with Crippen LogP contribution >= 0.6 is 0 Å². The van der Waals surface area contributed by atoms with Gasteiger partial charge in [0.05, 0.1) is 25.3 Å². The monoisotopic (exact) mass is 397 g/mol. The number of amides is 1. The third kappa shape index (κ3) is 5.04. The molecule has 1 aromatic heterocycles. The predicted octanol–water partition coefficient (Wildman–Crippen LogP) is 2.07. The van der Waals surface area contributed by atoms with Crippen LogP contribution in [0.4, 0.5) is 5.69 Å². The Balaban J connectivity index is 1.55. The lowest BCUT2D eigenvalue weighted by Crippen LogP contribution is -2.20. The van der Waals surface area contributed by atoms with Gasteiger partial charge in [0.2, 0.25) is 0 Å². The van der Waals surface area contributed by atoms with E-state index in [1.807, 2.05) is 0 Å². The van der Waals surface area contributed by atoms with Gasteiger partial charge in [-0.2, -0.15) is 0 Å². The number of nitrogens with one attached hydrogen (secondary N) is 3. The molecule has 0 aliphatic rings. The first-order valence-electron chi connectivity index (χ1n) is 8.57. The largest absolute Gasteiger partial charge is 0.497 e. The van der Waals surface area contributed by atoms with Gasteiger partial charge in [-0.15, -0.1) is 0 Å². The molecule has 9 nitrogen and oxygen atoms in total. The highest BCUT2D eigenvalue weighted by Gasteiger charge is 2.08. The summed E-state index contributed by atoms with van der Waals surface area (Å²) in [6, 6.07) is 10.0. The molecule has 0 aliphatic carbocycles. The van der Waals surface area contributed by atoms with Gasteiger partial charge in [0.1, 0.15) is 11.5 Å². The van der Waals surface area contributed by atoms with Crippen LogP contribution in [0.3, 0.4) is 0 Å². The molecular formula is C20H19N3O6. The first-order chi connectivity index (χ1) is 14.0. The van der Waals surface area contributed by atoms with E-state index in [1.54, 1.807) is 43.5 Å². The molecule has 1 heterocycles. The van der Waals surface area contributed by atoms with Crippen LogP contribution in [0.2, 0.25) is 0 Å². The van der Waals surface area contributed by atoms with Gasteiger partial charge < -0.3 is 29.5 Å². The predicted molar refractivity (Wildman–Crippen MR) is 107 cm³/mol. The Morgan fingerprint density at radius 2 is 1.83 bits per heavy atom. The number of esters is 1. The SMILES string of the molecule is COc1ccc(C=CC(=O)OCC(=O)Nc2ccc3[nH]c(=O)[nH]c3c2)c(OC)c1. The second-order valence-electron chi connectivity index (χ2n) is 5.94. The first-order valence-corrected chi connectivity index (χ1v) is 8.57. The average molecular weight is 397 g/mol. The van der Waals surface area contributed by atoms with E-state index < -0.39 is 18.5 Å². The molecule has 0 radical (unpaired) electrons. The molecule has 9 heteroatoms. The average Bonchev–Trinajstić information content (AvgIpc) is 3.09. The summed E-state index contributed by atoms with van der Waals surface area (Å²) >= 11 is 0. The van der Waals surface area contributed by atoms with Crippen molar-refractivity contribution in [2.75, 3.05) is 26.1 Å². The molecule has 3 rings (SSSR count). The van der Waals surface area contributed by atoms with E-state index in [0.717, 1.165) is 0 Å². The number of rotatable bonds is 7. The van der Waals surface area contributed by atoms with Gasteiger partial charge in [0.15, 0.2) is 6.61 Å². The molecule has 1 amide bonds. The fourth-order valence-corrected chi connectivity index (χ4v) is 2.61. The second-order valence-corrected chi connectivity index (χ2v) is 5.94. The molecule has 0 spiro atoms. The van der Waals surface area contributed by atoms with E-state index >= 15 is 0 Å². The van der Waals surface area contributed by atoms with Crippen LogP contribution < -0.4 is 20.5 Å². The summed E-state index contributed by atoms with van der Waals surface area (Å²) in [5.74, 6) is -0.0288. The van der Waals surface area contributed by atoms with Crippen LogP contribution in [0.25, 0.3) is 17.1 Å². The smallest absolute Gasteiger partial charge is 0.331 e. The number of anilines is 1. The minimum absolute atomic E-state index is 0.335. The normalized spacial score (nSPS) is 10.8. The zero-order valence-corrected chi connectivity index (χ0v) is 15.8.